The van der Waals surface area contributed by atoms with E-state index in [1.54, 1.807) is 18.2 Å². The molecule has 3 N–H and O–H groups in total. The van der Waals surface area contributed by atoms with Crippen molar-refractivity contribution in [1.29, 1.82) is 0 Å². The summed E-state index contributed by atoms with van der Waals surface area (Å²) in [6.07, 6.45) is 0. The minimum Gasteiger partial charge on any atom is -0.399 e. The van der Waals surface area contributed by atoms with Gasteiger partial charge in [0.25, 0.3) is 0 Å². The molecule has 1 aromatic carbocycles. The second-order valence-electron chi connectivity index (χ2n) is 4.18. The summed E-state index contributed by atoms with van der Waals surface area (Å²) < 4.78 is 5.22. The predicted octanol–water partition coefficient (Wildman–Crippen LogP) is 1.19. The van der Waals surface area contributed by atoms with Crippen LogP contribution in [-0.2, 0) is 9.53 Å². The molecule has 0 radical (unpaired) electrons. The lowest BCUT2D eigenvalue weighted by atomic mass is 10.3. The van der Waals surface area contributed by atoms with Crippen molar-refractivity contribution in [2.24, 2.45) is 0 Å². The maximum atomic E-state index is 11.8. The average Bonchev–Trinajstić information content (AvgIpc) is 2.34. The molecule has 0 bridgehead atoms. The number of nitrogen functional groups attached to an aromatic ring is 1. The van der Waals surface area contributed by atoms with Gasteiger partial charge < -0.3 is 15.8 Å². The summed E-state index contributed by atoms with van der Waals surface area (Å²) in [7, 11) is 0. The van der Waals surface area contributed by atoms with E-state index in [1.807, 2.05) is 4.90 Å². The molecule has 18 heavy (non-hydrogen) atoms. The van der Waals surface area contributed by atoms with Crippen molar-refractivity contribution in [3.63, 3.8) is 0 Å². The zero-order chi connectivity index (χ0) is 13.0. The van der Waals surface area contributed by atoms with Crippen LogP contribution in [0.25, 0.3) is 0 Å². The topological polar surface area (TPSA) is 67.6 Å². The minimum atomic E-state index is -0.0800. The first-order valence-corrected chi connectivity index (χ1v) is 6.18. The third kappa shape index (κ3) is 3.60. The highest BCUT2D eigenvalue weighted by Crippen LogP contribution is 2.23. The molecule has 1 aliphatic rings. The van der Waals surface area contributed by atoms with E-state index < -0.39 is 0 Å². The number of hydrogen-bond donors (Lipinski definition) is 2. The second-order valence-corrected chi connectivity index (χ2v) is 4.58. The van der Waals surface area contributed by atoms with Crippen molar-refractivity contribution in [3.8, 4) is 0 Å². The zero-order valence-electron chi connectivity index (χ0n) is 9.99. The van der Waals surface area contributed by atoms with Crippen LogP contribution in [0.4, 0.5) is 11.4 Å². The molecular formula is C12H16ClN3O2. The molecule has 5 nitrogen and oxygen atoms in total. The summed E-state index contributed by atoms with van der Waals surface area (Å²) in [5.74, 6) is -0.0800. The highest BCUT2D eigenvalue weighted by Gasteiger charge is 2.14. The SMILES string of the molecule is Nc1ccc(NC(=O)CN2CCOCC2)c(Cl)c1. The number of anilines is 2. The van der Waals surface area contributed by atoms with Crippen LogP contribution in [0, 0.1) is 0 Å². The molecule has 0 aliphatic carbocycles. The number of ether oxygens (including phenoxy) is 1. The van der Waals surface area contributed by atoms with Gasteiger partial charge in [-0.15, -0.1) is 0 Å². The molecule has 6 heteroatoms. The van der Waals surface area contributed by atoms with Crippen LogP contribution in [0.1, 0.15) is 0 Å². The standard InChI is InChI=1S/C12H16ClN3O2/c13-10-7-9(14)1-2-11(10)15-12(17)8-16-3-5-18-6-4-16/h1-2,7H,3-6,8,14H2,(H,15,17). The molecule has 1 saturated heterocycles. The van der Waals surface area contributed by atoms with Gasteiger partial charge in [0, 0.05) is 18.8 Å². The molecule has 0 atom stereocenters. The van der Waals surface area contributed by atoms with Crippen LogP contribution < -0.4 is 11.1 Å². The molecular weight excluding hydrogens is 254 g/mol. The largest absolute Gasteiger partial charge is 0.399 e. The number of morpholine rings is 1. The van der Waals surface area contributed by atoms with Crippen molar-refractivity contribution in [2.45, 2.75) is 0 Å². The Kier molecular flexibility index (Phi) is 4.41. The molecule has 0 unspecified atom stereocenters. The monoisotopic (exact) mass is 269 g/mol. The van der Waals surface area contributed by atoms with Gasteiger partial charge in [-0.1, -0.05) is 11.6 Å². The Labute approximate surface area is 111 Å². The molecule has 2 rings (SSSR count). The Morgan fingerprint density at radius 3 is 2.83 bits per heavy atom. The average molecular weight is 270 g/mol. The van der Waals surface area contributed by atoms with Crippen LogP contribution >= 0.6 is 11.6 Å². The maximum absolute atomic E-state index is 11.8. The Morgan fingerprint density at radius 1 is 1.44 bits per heavy atom. The lowest BCUT2D eigenvalue weighted by molar-refractivity contribution is -0.118. The quantitative estimate of drug-likeness (QED) is 0.809. The fraction of sp³-hybridized carbons (Fsp3) is 0.417. The van der Waals surface area contributed by atoms with Gasteiger partial charge in [-0.25, -0.2) is 0 Å². The number of nitrogens with zero attached hydrogens (tertiary/aromatic N) is 1. The minimum absolute atomic E-state index is 0.0800. The Balaban J connectivity index is 1.90. The maximum Gasteiger partial charge on any atom is 0.238 e. The van der Waals surface area contributed by atoms with E-state index >= 15 is 0 Å². The predicted molar refractivity (Wildman–Crippen MR) is 71.8 cm³/mol. The molecule has 1 amide bonds. The number of nitrogens with two attached hydrogens (primary N) is 1. The third-order valence-corrected chi connectivity index (χ3v) is 3.05. The van der Waals surface area contributed by atoms with Crippen LogP contribution in [-0.4, -0.2) is 43.7 Å². The summed E-state index contributed by atoms with van der Waals surface area (Å²) in [5.41, 5.74) is 6.75. The van der Waals surface area contributed by atoms with Crippen LogP contribution in [0.5, 0.6) is 0 Å². The molecule has 1 fully saturated rings. The van der Waals surface area contributed by atoms with Crippen molar-refractivity contribution in [2.75, 3.05) is 43.9 Å². The number of amides is 1. The second kappa shape index (κ2) is 6.04. The van der Waals surface area contributed by atoms with Crippen LogP contribution in [0.3, 0.4) is 0 Å². The number of carbonyl (C=O) groups is 1. The fourth-order valence-electron chi connectivity index (χ4n) is 1.78. The molecule has 0 spiro atoms. The molecule has 0 aromatic heterocycles. The fourth-order valence-corrected chi connectivity index (χ4v) is 2.02. The lowest BCUT2D eigenvalue weighted by Crippen LogP contribution is -2.41. The van der Waals surface area contributed by atoms with Crippen LogP contribution in [0.2, 0.25) is 5.02 Å². The van der Waals surface area contributed by atoms with Gasteiger partial charge in [0.1, 0.15) is 0 Å². The lowest BCUT2D eigenvalue weighted by Gasteiger charge is -2.25. The van der Waals surface area contributed by atoms with E-state index in [0.717, 1.165) is 13.1 Å². The van der Waals surface area contributed by atoms with E-state index in [-0.39, 0.29) is 5.91 Å². The van der Waals surface area contributed by atoms with E-state index in [9.17, 15) is 4.79 Å². The van der Waals surface area contributed by atoms with E-state index in [1.165, 1.54) is 0 Å². The van der Waals surface area contributed by atoms with Crippen molar-refractivity contribution in [1.82, 2.24) is 4.90 Å². The number of benzene rings is 1. The van der Waals surface area contributed by atoms with Crippen molar-refractivity contribution < 1.29 is 9.53 Å². The summed E-state index contributed by atoms with van der Waals surface area (Å²) in [5, 5.41) is 3.23. The highest BCUT2D eigenvalue weighted by atomic mass is 35.5. The van der Waals surface area contributed by atoms with E-state index in [2.05, 4.69) is 5.32 Å². The molecule has 1 aromatic rings. The first-order valence-electron chi connectivity index (χ1n) is 5.80. The molecule has 98 valence electrons. The van der Waals surface area contributed by atoms with E-state index in [0.29, 0.717) is 36.2 Å². The molecule has 0 saturated carbocycles. The number of hydrogen-bond acceptors (Lipinski definition) is 4. The number of nitrogens with one attached hydrogen (secondary N) is 1. The first-order chi connectivity index (χ1) is 8.65. The summed E-state index contributed by atoms with van der Waals surface area (Å²) in [4.78, 5) is 13.9. The van der Waals surface area contributed by atoms with Crippen molar-refractivity contribution in [3.05, 3.63) is 23.2 Å². The zero-order valence-corrected chi connectivity index (χ0v) is 10.7. The van der Waals surface area contributed by atoms with Gasteiger partial charge in [0.2, 0.25) is 5.91 Å². The summed E-state index contributed by atoms with van der Waals surface area (Å²) >= 11 is 5.99. The molecule has 1 aliphatic heterocycles. The van der Waals surface area contributed by atoms with Gasteiger partial charge in [-0.3, -0.25) is 9.69 Å². The van der Waals surface area contributed by atoms with Gasteiger partial charge in [0.15, 0.2) is 0 Å². The Hall–Kier alpha value is -1.30. The normalized spacial score (nSPS) is 16.5. The van der Waals surface area contributed by atoms with Gasteiger partial charge >= 0.3 is 0 Å². The third-order valence-electron chi connectivity index (χ3n) is 2.74. The van der Waals surface area contributed by atoms with Gasteiger partial charge in [-0.2, -0.15) is 0 Å². The van der Waals surface area contributed by atoms with Crippen molar-refractivity contribution >= 4 is 28.9 Å². The van der Waals surface area contributed by atoms with Gasteiger partial charge in [0.05, 0.1) is 30.5 Å². The highest BCUT2D eigenvalue weighted by molar-refractivity contribution is 6.34. The summed E-state index contributed by atoms with van der Waals surface area (Å²) in [6.45, 7) is 3.27. The smallest absolute Gasteiger partial charge is 0.238 e. The number of halogens is 1. The number of rotatable bonds is 3. The Morgan fingerprint density at radius 2 is 2.17 bits per heavy atom. The Bertz CT molecular complexity index is 433. The number of carbonyl (C=O) groups excluding carboxylic acids is 1. The van der Waals surface area contributed by atoms with Crippen LogP contribution in [0.15, 0.2) is 18.2 Å². The summed E-state index contributed by atoms with van der Waals surface area (Å²) in [6, 6.07) is 5.02. The van der Waals surface area contributed by atoms with Gasteiger partial charge in [-0.05, 0) is 18.2 Å². The molecule has 1 heterocycles. The first kappa shape index (κ1) is 13.1. The van der Waals surface area contributed by atoms with E-state index in [4.69, 9.17) is 22.1 Å².